The van der Waals surface area contributed by atoms with Crippen LogP contribution in [0.5, 0.6) is 0 Å². The Labute approximate surface area is 106 Å². The maximum Gasteiger partial charge on any atom is 0.255 e. The normalized spacial score (nSPS) is 15.4. The molecule has 1 amide bonds. The van der Waals surface area contributed by atoms with Crippen molar-refractivity contribution in [2.24, 2.45) is 0 Å². The van der Waals surface area contributed by atoms with Crippen molar-refractivity contribution < 1.29 is 4.79 Å². The summed E-state index contributed by atoms with van der Waals surface area (Å²) >= 11 is 6.04. The van der Waals surface area contributed by atoms with E-state index in [1.807, 2.05) is 0 Å². The Morgan fingerprint density at radius 1 is 1.41 bits per heavy atom. The average Bonchev–Trinajstić information content (AvgIpc) is 2.39. The molecule has 0 atom stereocenters. The number of hydrogen-bond acceptors (Lipinski definition) is 2. The lowest BCUT2D eigenvalue weighted by Gasteiger charge is -2.27. The van der Waals surface area contributed by atoms with Crippen molar-refractivity contribution in [2.45, 2.75) is 0 Å². The molecular formula is C13H13ClN2O. The van der Waals surface area contributed by atoms with Gasteiger partial charge in [-0.15, -0.1) is 6.42 Å². The third-order valence-electron chi connectivity index (χ3n) is 2.77. The van der Waals surface area contributed by atoms with Crippen molar-refractivity contribution in [2.75, 3.05) is 26.2 Å². The topological polar surface area (TPSA) is 32.3 Å². The zero-order valence-electron chi connectivity index (χ0n) is 9.37. The van der Waals surface area contributed by atoms with Crippen LogP contribution < -0.4 is 5.32 Å². The van der Waals surface area contributed by atoms with Crippen molar-refractivity contribution in [3.8, 4) is 12.3 Å². The Balaban J connectivity index is 2.26. The lowest BCUT2D eigenvalue weighted by atomic mass is 10.1. The van der Waals surface area contributed by atoms with Gasteiger partial charge >= 0.3 is 0 Å². The number of halogens is 1. The highest BCUT2D eigenvalue weighted by molar-refractivity contribution is 6.33. The Kier molecular flexibility index (Phi) is 3.68. The van der Waals surface area contributed by atoms with Gasteiger partial charge in [-0.3, -0.25) is 4.79 Å². The molecule has 0 aromatic heterocycles. The zero-order chi connectivity index (χ0) is 12.3. The Hall–Kier alpha value is -1.50. The smallest absolute Gasteiger partial charge is 0.255 e. The van der Waals surface area contributed by atoms with E-state index >= 15 is 0 Å². The number of piperazine rings is 1. The van der Waals surface area contributed by atoms with E-state index < -0.39 is 0 Å². The molecule has 88 valence electrons. The predicted octanol–water partition coefficient (Wildman–Crippen LogP) is 1.37. The number of hydrogen-bond donors (Lipinski definition) is 1. The van der Waals surface area contributed by atoms with Crippen LogP contribution in [0.25, 0.3) is 0 Å². The number of terminal acetylenes is 1. The van der Waals surface area contributed by atoms with Crippen LogP contribution in [0.3, 0.4) is 0 Å². The van der Waals surface area contributed by atoms with Crippen LogP contribution in [0, 0.1) is 12.3 Å². The maximum atomic E-state index is 12.2. The highest BCUT2D eigenvalue weighted by atomic mass is 35.5. The zero-order valence-corrected chi connectivity index (χ0v) is 10.1. The first kappa shape index (κ1) is 12.0. The van der Waals surface area contributed by atoms with Gasteiger partial charge in [0.2, 0.25) is 0 Å². The van der Waals surface area contributed by atoms with Gasteiger partial charge in [0.1, 0.15) is 0 Å². The van der Waals surface area contributed by atoms with Gasteiger partial charge in [-0.1, -0.05) is 17.5 Å². The van der Waals surface area contributed by atoms with Crippen LogP contribution in [0.2, 0.25) is 5.02 Å². The number of nitrogens with one attached hydrogen (secondary N) is 1. The van der Waals surface area contributed by atoms with Crippen molar-refractivity contribution in [1.29, 1.82) is 0 Å². The lowest BCUT2D eigenvalue weighted by Crippen LogP contribution is -2.46. The molecule has 1 saturated heterocycles. The maximum absolute atomic E-state index is 12.2. The summed E-state index contributed by atoms with van der Waals surface area (Å²) in [6.45, 7) is 3.04. The fourth-order valence-electron chi connectivity index (χ4n) is 1.82. The summed E-state index contributed by atoms with van der Waals surface area (Å²) in [5.74, 6) is 2.46. The van der Waals surface area contributed by atoms with Crippen LogP contribution in [0.1, 0.15) is 15.9 Å². The van der Waals surface area contributed by atoms with E-state index in [9.17, 15) is 4.79 Å². The van der Waals surface area contributed by atoms with E-state index in [0.29, 0.717) is 29.2 Å². The second-order valence-electron chi connectivity index (χ2n) is 3.88. The van der Waals surface area contributed by atoms with Gasteiger partial charge < -0.3 is 10.2 Å². The van der Waals surface area contributed by atoms with E-state index in [1.54, 1.807) is 23.1 Å². The third-order valence-corrected chi connectivity index (χ3v) is 3.10. The summed E-state index contributed by atoms with van der Waals surface area (Å²) in [7, 11) is 0. The molecule has 1 aromatic carbocycles. The van der Waals surface area contributed by atoms with Crippen molar-refractivity contribution in [1.82, 2.24) is 10.2 Å². The molecule has 1 aliphatic heterocycles. The van der Waals surface area contributed by atoms with E-state index in [2.05, 4.69) is 11.2 Å². The van der Waals surface area contributed by atoms with Gasteiger partial charge in [-0.25, -0.2) is 0 Å². The molecule has 0 radical (unpaired) electrons. The van der Waals surface area contributed by atoms with E-state index in [-0.39, 0.29) is 5.91 Å². The summed E-state index contributed by atoms with van der Waals surface area (Å²) in [6.07, 6.45) is 5.32. The summed E-state index contributed by atoms with van der Waals surface area (Å²) < 4.78 is 0. The highest BCUT2D eigenvalue weighted by Gasteiger charge is 2.20. The minimum Gasteiger partial charge on any atom is -0.336 e. The van der Waals surface area contributed by atoms with Gasteiger partial charge in [-0.05, 0) is 18.2 Å². The Morgan fingerprint density at radius 3 is 2.76 bits per heavy atom. The van der Waals surface area contributed by atoms with Crippen LogP contribution in [-0.2, 0) is 0 Å². The summed E-state index contributed by atoms with van der Waals surface area (Å²) in [5, 5.41) is 3.65. The van der Waals surface area contributed by atoms with Crippen LogP contribution >= 0.6 is 11.6 Å². The predicted molar refractivity (Wildman–Crippen MR) is 68.2 cm³/mol. The van der Waals surface area contributed by atoms with Gasteiger partial charge in [0.25, 0.3) is 5.91 Å². The highest BCUT2D eigenvalue weighted by Crippen LogP contribution is 2.19. The molecule has 0 saturated carbocycles. The fraction of sp³-hybridized carbons (Fsp3) is 0.308. The average molecular weight is 249 g/mol. The molecule has 17 heavy (non-hydrogen) atoms. The van der Waals surface area contributed by atoms with Crippen LogP contribution in [-0.4, -0.2) is 37.0 Å². The monoisotopic (exact) mass is 248 g/mol. The molecule has 1 aliphatic rings. The SMILES string of the molecule is C#Cc1ccc(Cl)c(C(=O)N2CCNCC2)c1. The molecule has 0 aliphatic carbocycles. The quantitative estimate of drug-likeness (QED) is 0.762. The number of carbonyl (C=O) groups is 1. The largest absolute Gasteiger partial charge is 0.336 e. The van der Waals surface area contributed by atoms with Gasteiger partial charge in [0.15, 0.2) is 0 Å². The Bertz CT molecular complexity index is 473. The van der Waals surface area contributed by atoms with Crippen molar-refractivity contribution >= 4 is 17.5 Å². The summed E-state index contributed by atoms with van der Waals surface area (Å²) in [6, 6.07) is 5.08. The summed E-state index contributed by atoms with van der Waals surface area (Å²) in [4.78, 5) is 14.0. The molecule has 3 nitrogen and oxygen atoms in total. The van der Waals surface area contributed by atoms with Crippen LogP contribution in [0.4, 0.5) is 0 Å². The standard InChI is InChI=1S/C13H13ClN2O/c1-2-10-3-4-12(14)11(9-10)13(17)16-7-5-15-6-8-16/h1,3-4,9,15H,5-8H2. The van der Waals surface area contributed by atoms with Gasteiger partial charge in [0, 0.05) is 31.7 Å². The molecule has 2 rings (SSSR count). The first-order valence-corrected chi connectivity index (χ1v) is 5.86. The van der Waals surface area contributed by atoms with Crippen molar-refractivity contribution in [3.63, 3.8) is 0 Å². The molecule has 0 unspecified atom stereocenters. The lowest BCUT2D eigenvalue weighted by molar-refractivity contribution is 0.0736. The summed E-state index contributed by atoms with van der Waals surface area (Å²) in [5.41, 5.74) is 1.16. The number of carbonyl (C=O) groups excluding carboxylic acids is 1. The fourth-order valence-corrected chi connectivity index (χ4v) is 2.02. The van der Waals surface area contributed by atoms with Crippen molar-refractivity contribution in [3.05, 3.63) is 34.3 Å². The molecule has 0 spiro atoms. The minimum atomic E-state index is -0.0476. The second-order valence-corrected chi connectivity index (χ2v) is 4.29. The molecule has 1 heterocycles. The number of benzene rings is 1. The number of nitrogens with zero attached hydrogens (tertiary/aromatic N) is 1. The molecule has 1 aromatic rings. The first-order chi connectivity index (χ1) is 8.22. The first-order valence-electron chi connectivity index (χ1n) is 5.48. The number of rotatable bonds is 1. The minimum absolute atomic E-state index is 0.0476. The van der Waals surface area contributed by atoms with Gasteiger partial charge in [-0.2, -0.15) is 0 Å². The second kappa shape index (κ2) is 5.22. The molecular weight excluding hydrogens is 236 g/mol. The van der Waals surface area contributed by atoms with Gasteiger partial charge in [0.05, 0.1) is 10.6 Å². The molecule has 1 fully saturated rings. The third kappa shape index (κ3) is 2.60. The Morgan fingerprint density at radius 2 is 2.12 bits per heavy atom. The molecule has 1 N–H and O–H groups in total. The van der Waals surface area contributed by atoms with E-state index in [1.165, 1.54) is 0 Å². The number of amides is 1. The molecule has 0 bridgehead atoms. The van der Waals surface area contributed by atoms with E-state index in [0.717, 1.165) is 13.1 Å². The van der Waals surface area contributed by atoms with Crippen LogP contribution in [0.15, 0.2) is 18.2 Å². The molecule has 4 heteroatoms. The van der Waals surface area contributed by atoms with E-state index in [4.69, 9.17) is 18.0 Å².